The molecule has 1 aliphatic rings. The largest absolute Gasteiger partial charge is 0.390 e. The van der Waals surface area contributed by atoms with Gasteiger partial charge >= 0.3 is 6.03 Å². The standard InChI is InChI=1S/C17H25ClN4O3/c1-21(2)16(24)14-9-12(5-6-15(14)18)20-17(25)19-10-13(23)11-22-7-3-4-8-22/h5-6,9,13,23H,3-4,7-8,10-11H2,1-2H3,(H2,19,20,25)/t13-/m1/s1. The predicted molar refractivity (Wildman–Crippen MR) is 98.2 cm³/mol. The molecule has 1 heterocycles. The molecule has 0 saturated carbocycles. The highest BCUT2D eigenvalue weighted by Crippen LogP contribution is 2.21. The van der Waals surface area contributed by atoms with E-state index in [1.54, 1.807) is 26.2 Å². The van der Waals surface area contributed by atoms with Crippen LogP contribution in [0.2, 0.25) is 5.02 Å². The predicted octanol–water partition coefficient (Wildman–Crippen LogP) is 1.62. The van der Waals surface area contributed by atoms with Gasteiger partial charge in [0.25, 0.3) is 5.91 Å². The molecular weight excluding hydrogens is 344 g/mol. The Kier molecular flexibility index (Phi) is 7.04. The number of benzene rings is 1. The third kappa shape index (κ3) is 5.88. The Morgan fingerprint density at radius 1 is 1.32 bits per heavy atom. The van der Waals surface area contributed by atoms with Crippen LogP contribution in [0.15, 0.2) is 18.2 Å². The number of halogens is 1. The molecule has 3 N–H and O–H groups in total. The lowest BCUT2D eigenvalue weighted by Gasteiger charge is -2.19. The van der Waals surface area contributed by atoms with Crippen LogP contribution in [0.25, 0.3) is 0 Å². The molecule has 1 atom stereocenters. The van der Waals surface area contributed by atoms with E-state index in [0.717, 1.165) is 25.9 Å². The maximum atomic E-state index is 12.1. The number of urea groups is 1. The first-order valence-corrected chi connectivity index (χ1v) is 8.71. The summed E-state index contributed by atoms with van der Waals surface area (Å²) < 4.78 is 0. The number of carbonyl (C=O) groups excluding carboxylic acids is 2. The van der Waals surface area contributed by atoms with Crippen LogP contribution >= 0.6 is 11.6 Å². The molecule has 25 heavy (non-hydrogen) atoms. The second kappa shape index (κ2) is 9.03. The molecule has 0 unspecified atom stereocenters. The zero-order valence-electron chi connectivity index (χ0n) is 14.6. The average Bonchev–Trinajstić information content (AvgIpc) is 3.07. The number of rotatable bonds is 6. The Bertz CT molecular complexity index is 618. The molecule has 0 aliphatic carbocycles. The summed E-state index contributed by atoms with van der Waals surface area (Å²) in [5, 5.41) is 15.6. The Labute approximate surface area is 152 Å². The molecule has 7 nitrogen and oxygen atoms in total. The maximum absolute atomic E-state index is 12.1. The summed E-state index contributed by atoms with van der Waals surface area (Å²) in [7, 11) is 3.26. The second-order valence-electron chi connectivity index (χ2n) is 6.39. The molecule has 0 aromatic heterocycles. The summed E-state index contributed by atoms with van der Waals surface area (Å²) in [6.07, 6.45) is 1.70. The van der Waals surface area contributed by atoms with E-state index in [-0.39, 0.29) is 12.5 Å². The van der Waals surface area contributed by atoms with Crippen molar-refractivity contribution >= 4 is 29.2 Å². The maximum Gasteiger partial charge on any atom is 0.319 e. The Hall–Kier alpha value is -1.83. The van der Waals surface area contributed by atoms with Crippen molar-refractivity contribution in [1.82, 2.24) is 15.1 Å². The van der Waals surface area contributed by atoms with Gasteiger partial charge in [-0.3, -0.25) is 4.79 Å². The van der Waals surface area contributed by atoms with Gasteiger partial charge in [0.15, 0.2) is 0 Å². The van der Waals surface area contributed by atoms with Gasteiger partial charge in [0.1, 0.15) is 0 Å². The van der Waals surface area contributed by atoms with Crippen LogP contribution in [0.3, 0.4) is 0 Å². The third-order valence-electron chi connectivity index (χ3n) is 4.03. The van der Waals surface area contributed by atoms with Crippen LogP contribution < -0.4 is 10.6 Å². The average molecular weight is 369 g/mol. The molecule has 0 spiro atoms. The van der Waals surface area contributed by atoms with Gasteiger partial charge in [0.2, 0.25) is 0 Å². The number of β-amino-alcohol motifs (C(OH)–C–C–N with tert-alkyl or cyclic N) is 1. The van der Waals surface area contributed by atoms with Gasteiger partial charge in [-0.2, -0.15) is 0 Å². The van der Waals surface area contributed by atoms with Gasteiger partial charge in [-0.05, 0) is 44.1 Å². The molecule has 138 valence electrons. The minimum absolute atomic E-state index is 0.166. The van der Waals surface area contributed by atoms with Gasteiger partial charge in [-0.25, -0.2) is 4.79 Å². The van der Waals surface area contributed by atoms with Crippen molar-refractivity contribution in [1.29, 1.82) is 0 Å². The number of aliphatic hydroxyl groups is 1. The van der Waals surface area contributed by atoms with Gasteiger partial charge in [-0.1, -0.05) is 11.6 Å². The summed E-state index contributed by atoms with van der Waals surface area (Å²) in [6, 6.07) is 4.28. The number of anilines is 1. The van der Waals surface area contributed by atoms with Crippen molar-refractivity contribution in [2.75, 3.05) is 45.6 Å². The minimum atomic E-state index is -0.611. The summed E-state index contributed by atoms with van der Waals surface area (Å²) >= 11 is 6.04. The lowest BCUT2D eigenvalue weighted by atomic mass is 10.2. The topological polar surface area (TPSA) is 84.9 Å². The number of aliphatic hydroxyl groups excluding tert-OH is 1. The zero-order valence-corrected chi connectivity index (χ0v) is 15.3. The smallest absolute Gasteiger partial charge is 0.319 e. The van der Waals surface area contributed by atoms with Crippen molar-refractivity contribution in [3.8, 4) is 0 Å². The van der Waals surface area contributed by atoms with E-state index in [1.165, 1.54) is 11.0 Å². The van der Waals surface area contributed by atoms with E-state index < -0.39 is 12.1 Å². The normalized spacial score (nSPS) is 15.7. The summed E-state index contributed by atoms with van der Waals surface area (Å²) in [4.78, 5) is 27.6. The summed E-state index contributed by atoms with van der Waals surface area (Å²) in [5.74, 6) is -0.241. The summed E-state index contributed by atoms with van der Waals surface area (Å²) in [5.41, 5.74) is 0.777. The van der Waals surface area contributed by atoms with Crippen molar-refractivity contribution in [2.45, 2.75) is 18.9 Å². The van der Waals surface area contributed by atoms with Crippen molar-refractivity contribution < 1.29 is 14.7 Å². The highest BCUT2D eigenvalue weighted by molar-refractivity contribution is 6.34. The molecule has 1 aromatic rings. The molecule has 0 bridgehead atoms. The van der Waals surface area contributed by atoms with Crippen molar-refractivity contribution in [2.24, 2.45) is 0 Å². The highest BCUT2D eigenvalue weighted by atomic mass is 35.5. The van der Waals surface area contributed by atoms with Crippen LogP contribution in [0.5, 0.6) is 0 Å². The second-order valence-corrected chi connectivity index (χ2v) is 6.80. The number of hydrogen-bond acceptors (Lipinski definition) is 4. The lowest BCUT2D eigenvalue weighted by Crippen LogP contribution is -2.40. The van der Waals surface area contributed by atoms with Crippen LogP contribution in [-0.4, -0.2) is 73.2 Å². The SMILES string of the molecule is CN(C)C(=O)c1cc(NC(=O)NC[C@@H](O)CN2CCCC2)ccc1Cl. The van der Waals surface area contributed by atoms with Crippen LogP contribution in [0.1, 0.15) is 23.2 Å². The molecule has 8 heteroatoms. The van der Waals surface area contributed by atoms with Crippen LogP contribution in [0, 0.1) is 0 Å². The number of likely N-dealkylation sites (tertiary alicyclic amines) is 1. The molecular formula is C17H25ClN4O3. The van der Waals surface area contributed by atoms with Crippen LogP contribution in [-0.2, 0) is 0 Å². The number of hydrogen-bond donors (Lipinski definition) is 3. The van der Waals surface area contributed by atoms with E-state index in [1.807, 2.05) is 0 Å². The van der Waals surface area contributed by atoms with E-state index >= 15 is 0 Å². The fourth-order valence-electron chi connectivity index (χ4n) is 2.72. The fourth-order valence-corrected chi connectivity index (χ4v) is 2.92. The number of nitrogens with one attached hydrogen (secondary N) is 2. The van der Waals surface area contributed by atoms with Gasteiger partial charge in [-0.15, -0.1) is 0 Å². The Morgan fingerprint density at radius 2 is 2.00 bits per heavy atom. The fraction of sp³-hybridized carbons (Fsp3) is 0.529. The lowest BCUT2D eigenvalue weighted by molar-refractivity contribution is 0.0827. The quantitative estimate of drug-likeness (QED) is 0.712. The first kappa shape index (κ1) is 19.5. The Balaban J connectivity index is 1.85. The van der Waals surface area contributed by atoms with Gasteiger partial charge in [0, 0.05) is 32.9 Å². The third-order valence-corrected chi connectivity index (χ3v) is 4.36. The number of nitrogens with zero attached hydrogens (tertiary/aromatic N) is 2. The zero-order chi connectivity index (χ0) is 18.4. The molecule has 3 amide bonds. The highest BCUT2D eigenvalue weighted by Gasteiger charge is 2.17. The van der Waals surface area contributed by atoms with Crippen molar-refractivity contribution in [3.05, 3.63) is 28.8 Å². The Morgan fingerprint density at radius 3 is 2.64 bits per heavy atom. The van der Waals surface area contributed by atoms with Crippen molar-refractivity contribution in [3.63, 3.8) is 0 Å². The minimum Gasteiger partial charge on any atom is -0.390 e. The molecule has 1 aliphatic heterocycles. The molecule has 0 radical (unpaired) electrons. The van der Waals surface area contributed by atoms with E-state index in [2.05, 4.69) is 15.5 Å². The monoisotopic (exact) mass is 368 g/mol. The van der Waals surface area contributed by atoms with Gasteiger partial charge in [0.05, 0.1) is 16.7 Å². The summed E-state index contributed by atoms with van der Waals surface area (Å²) in [6.45, 7) is 2.72. The van der Waals surface area contributed by atoms with E-state index in [9.17, 15) is 14.7 Å². The molecule has 1 aromatic carbocycles. The molecule has 1 fully saturated rings. The van der Waals surface area contributed by atoms with E-state index in [4.69, 9.17) is 11.6 Å². The van der Waals surface area contributed by atoms with Gasteiger partial charge < -0.3 is 25.5 Å². The molecule has 1 saturated heterocycles. The molecule has 2 rings (SSSR count). The van der Waals surface area contributed by atoms with E-state index in [0.29, 0.717) is 22.8 Å². The number of carbonyl (C=O) groups is 2. The van der Waals surface area contributed by atoms with Crippen LogP contribution in [0.4, 0.5) is 10.5 Å². The first-order valence-electron chi connectivity index (χ1n) is 8.33. The first-order chi connectivity index (χ1) is 11.9. The number of amides is 3.